The second-order valence-corrected chi connectivity index (χ2v) is 11.1. The van der Waals surface area contributed by atoms with Crippen LogP contribution >= 0.6 is 7.60 Å². The number of cyclic esters (lactones) is 1. The van der Waals surface area contributed by atoms with E-state index in [0.717, 1.165) is 25.3 Å². The van der Waals surface area contributed by atoms with Gasteiger partial charge in [0.2, 0.25) is 0 Å². The van der Waals surface area contributed by atoms with Crippen molar-refractivity contribution in [3.8, 4) is 11.5 Å². The number of phenols is 1. The second kappa shape index (κ2) is 14.3. The molecule has 2 aliphatic rings. The molecule has 0 radical (unpaired) electrons. The Hall–Kier alpha value is -3.18. The number of piperidine rings is 1. The minimum atomic E-state index is -4.51. The van der Waals surface area contributed by atoms with Crippen LogP contribution in [-0.4, -0.2) is 80.7 Å². The highest BCUT2D eigenvalue weighted by Crippen LogP contribution is 2.36. The summed E-state index contributed by atoms with van der Waals surface area (Å²) in [5.74, 6) is -1.62. The van der Waals surface area contributed by atoms with Crippen molar-refractivity contribution in [1.82, 2.24) is 4.90 Å². The fourth-order valence-electron chi connectivity index (χ4n) is 4.13. The van der Waals surface area contributed by atoms with Crippen molar-refractivity contribution in [2.24, 2.45) is 5.16 Å². The molecule has 2 aliphatic heterocycles. The molecule has 0 spiro atoms. The molecule has 0 aliphatic carbocycles. The van der Waals surface area contributed by atoms with E-state index in [2.05, 4.69) is 5.16 Å². The van der Waals surface area contributed by atoms with Gasteiger partial charge in [0.15, 0.2) is 13.0 Å². The van der Waals surface area contributed by atoms with Gasteiger partial charge in [-0.2, -0.15) is 0 Å². The van der Waals surface area contributed by atoms with E-state index in [4.69, 9.17) is 24.1 Å². The number of nitrogens with zero attached hydrogens (tertiary/aromatic N) is 2. The van der Waals surface area contributed by atoms with Crippen LogP contribution in [0.4, 0.5) is 0 Å². The number of hydrogen-bond donors (Lipinski definition) is 4. The molecular formula is C26H35N2O10P. The van der Waals surface area contributed by atoms with Crippen LogP contribution < -0.4 is 4.74 Å². The van der Waals surface area contributed by atoms with Crippen molar-refractivity contribution >= 4 is 25.2 Å². The highest BCUT2D eigenvalue weighted by Gasteiger charge is 2.24. The van der Waals surface area contributed by atoms with Gasteiger partial charge in [-0.1, -0.05) is 23.4 Å². The maximum atomic E-state index is 13.0. The highest BCUT2D eigenvalue weighted by atomic mass is 31.2. The lowest BCUT2D eigenvalue weighted by molar-refractivity contribution is -0.137. The lowest BCUT2D eigenvalue weighted by atomic mass is 9.99. The van der Waals surface area contributed by atoms with Crippen LogP contribution in [0.5, 0.6) is 11.5 Å². The average Bonchev–Trinajstić information content (AvgIpc) is 2.86. The summed E-state index contributed by atoms with van der Waals surface area (Å²) < 4.78 is 21.9. The van der Waals surface area contributed by atoms with E-state index in [-0.39, 0.29) is 47.9 Å². The molecule has 1 amide bonds. The van der Waals surface area contributed by atoms with Crippen molar-refractivity contribution in [1.29, 1.82) is 0 Å². The van der Waals surface area contributed by atoms with E-state index >= 15 is 0 Å². The average molecular weight is 567 g/mol. The van der Waals surface area contributed by atoms with E-state index in [0.29, 0.717) is 19.5 Å². The maximum Gasteiger partial charge on any atom is 0.362 e. The molecule has 1 aromatic carbocycles. The van der Waals surface area contributed by atoms with Crippen molar-refractivity contribution in [2.45, 2.75) is 57.7 Å². The van der Waals surface area contributed by atoms with Crippen LogP contribution in [0.1, 0.15) is 54.9 Å². The first-order valence-corrected chi connectivity index (χ1v) is 14.5. The molecule has 0 saturated carbocycles. The molecule has 12 nitrogen and oxygen atoms in total. The van der Waals surface area contributed by atoms with Crippen LogP contribution in [0, 0.1) is 0 Å². The zero-order valence-corrected chi connectivity index (χ0v) is 22.7. The summed E-state index contributed by atoms with van der Waals surface area (Å²) in [6, 6.07) is 2.42. The number of phenolic OH excluding ortho intramolecular Hbond substituents is 1. The topological polar surface area (TPSA) is 175 Å². The van der Waals surface area contributed by atoms with Crippen LogP contribution in [0.2, 0.25) is 0 Å². The normalized spacial score (nSPS) is 23.7. The minimum absolute atomic E-state index is 0.0839. The number of benzene rings is 1. The molecule has 214 valence electrons. The molecule has 2 atom stereocenters. The number of hydrogen-bond acceptors (Lipinski definition) is 9. The molecular weight excluding hydrogens is 531 g/mol. The Morgan fingerprint density at radius 1 is 1.18 bits per heavy atom. The van der Waals surface area contributed by atoms with Gasteiger partial charge < -0.3 is 39.2 Å². The number of rotatable bonds is 6. The number of esters is 1. The first-order chi connectivity index (χ1) is 18.5. The molecule has 2 heterocycles. The number of fused-ring (bicyclic) bond motifs is 1. The van der Waals surface area contributed by atoms with Gasteiger partial charge in [-0.15, -0.1) is 0 Å². The molecule has 0 bridgehead atoms. The SMILES string of the molecule is C[C@@H]1C/C=C/[C@H](O)C/C=C/C(=N/OCC(=O)N2CCCCC2)Cc2cc(OCP(=O)(O)O)cc(O)c2C(=O)O1. The third-order valence-corrected chi connectivity index (χ3v) is 6.51. The molecule has 1 fully saturated rings. The van der Waals surface area contributed by atoms with Crippen LogP contribution in [0.25, 0.3) is 0 Å². The van der Waals surface area contributed by atoms with E-state index in [9.17, 15) is 24.4 Å². The van der Waals surface area contributed by atoms with Gasteiger partial charge in [-0.3, -0.25) is 9.36 Å². The predicted molar refractivity (Wildman–Crippen MR) is 142 cm³/mol. The number of oxime groups is 1. The molecule has 0 unspecified atom stereocenters. The summed E-state index contributed by atoms with van der Waals surface area (Å²) >= 11 is 0. The van der Waals surface area contributed by atoms with Crippen LogP contribution in [0.15, 0.2) is 41.6 Å². The summed E-state index contributed by atoms with van der Waals surface area (Å²) in [4.78, 5) is 50.9. The van der Waals surface area contributed by atoms with E-state index < -0.39 is 37.9 Å². The Kier molecular flexibility index (Phi) is 11.1. The third kappa shape index (κ3) is 10.1. The Balaban J connectivity index is 1.93. The monoisotopic (exact) mass is 566 g/mol. The van der Waals surface area contributed by atoms with Gasteiger partial charge in [-0.25, -0.2) is 4.79 Å². The van der Waals surface area contributed by atoms with Crippen molar-refractivity contribution in [3.05, 3.63) is 47.6 Å². The van der Waals surface area contributed by atoms with Gasteiger partial charge in [0.1, 0.15) is 23.2 Å². The number of carbonyl (C=O) groups excluding carboxylic acids is 2. The Labute approximate surface area is 226 Å². The van der Waals surface area contributed by atoms with Crippen LogP contribution in [0.3, 0.4) is 0 Å². The quantitative estimate of drug-likeness (QED) is 0.173. The number of amides is 1. The van der Waals surface area contributed by atoms with Crippen molar-refractivity contribution < 1.29 is 48.5 Å². The fourth-order valence-corrected chi connectivity index (χ4v) is 4.45. The fraction of sp³-hybridized carbons (Fsp3) is 0.500. The summed E-state index contributed by atoms with van der Waals surface area (Å²) in [5.41, 5.74) is 0.274. The first kappa shape index (κ1) is 30.4. The summed E-state index contributed by atoms with van der Waals surface area (Å²) in [7, 11) is -4.51. The maximum absolute atomic E-state index is 13.0. The largest absolute Gasteiger partial charge is 0.507 e. The van der Waals surface area contributed by atoms with Crippen molar-refractivity contribution in [2.75, 3.05) is 26.0 Å². The standard InChI is InChI=1S/C26H35N2O10P/c1-18-7-5-9-21(29)10-6-8-20(27-37-16-24(31)28-11-3-2-4-12-28)13-19-14-22(36-17-39(33,34)35)15-23(30)25(19)26(32)38-18/h5-6,8-9,14-15,18,21,29-30H,2-4,7,10-13,16-17H2,1H3,(H2,33,34,35)/b8-6+,9-5+,27-20-/t18-,21+/m1/s1. The highest BCUT2D eigenvalue weighted by molar-refractivity contribution is 7.51. The Morgan fingerprint density at radius 2 is 1.92 bits per heavy atom. The van der Waals surface area contributed by atoms with Gasteiger partial charge in [0.25, 0.3) is 5.91 Å². The number of aromatic hydroxyl groups is 1. The molecule has 3 rings (SSSR count). The molecule has 1 aromatic rings. The number of carbonyl (C=O) groups is 2. The van der Waals surface area contributed by atoms with E-state index in [1.807, 2.05) is 0 Å². The lowest BCUT2D eigenvalue weighted by Crippen LogP contribution is -2.37. The van der Waals surface area contributed by atoms with Crippen molar-refractivity contribution in [3.63, 3.8) is 0 Å². The number of aliphatic hydroxyl groups excluding tert-OH is 1. The Morgan fingerprint density at radius 3 is 2.64 bits per heavy atom. The van der Waals surface area contributed by atoms with E-state index in [1.54, 1.807) is 36.1 Å². The molecule has 0 aromatic heterocycles. The molecule has 4 N–H and O–H groups in total. The summed E-state index contributed by atoms with van der Waals surface area (Å²) in [5, 5.41) is 25.0. The summed E-state index contributed by atoms with van der Waals surface area (Å²) in [6.07, 6.45) is 7.61. The van der Waals surface area contributed by atoms with Crippen LogP contribution in [-0.2, 0) is 25.4 Å². The lowest BCUT2D eigenvalue weighted by Gasteiger charge is -2.26. The molecule has 13 heteroatoms. The smallest absolute Gasteiger partial charge is 0.362 e. The number of ether oxygens (including phenoxy) is 2. The number of allylic oxidation sites excluding steroid dienone is 1. The number of likely N-dealkylation sites (tertiary alicyclic amines) is 1. The molecule has 39 heavy (non-hydrogen) atoms. The second-order valence-electron chi connectivity index (χ2n) is 9.47. The van der Waals surface area contributed by atoms with Gasteiger partial charge in [-0.05, 0) is 50.3 Å². The summed E-state index contributed by atoms with van der Waals surface area (Å²) in [6.45, 7) is 2.70. The Bertz CT molecular complexity index is 1150. The predicted octanol–water partition coefficient (Wildman–Crippen LogP) is 2.65. The van der Waals surface area contributed by atoms with Gasteiger partial charge >= 0.3 is 13.6 Å². The third-order valence-electron chi connectivity index (χ3n) is 6.05. The first-order valence-electron chi connectivity index (χ1n) is 12.7. The minimum Gasteiger partial charge on any atom is -0.507 e. The molecule has 1 saturated heterocycles. The van der Waals surface area contributed by atoms with Gasteiger partial charge in [0.05, 0.1) is 11.8 Å². The van der Waals surface area contributed by atoms with E-state index in [1.165, 1.54) is 6.07 Å². The zero-order chi connectivity index (χ0) is 28.4. The van der Waals surface area contributed by atoms with Gasteiger partial charge in [0, 0.05) is 32.0 Å². The zero-order valence-electron chi connectivity index (χ0n) is 21.8. The number of aliphatic hydroxyl groups is 1.